The number of benzene rings is 1. The zero-order valence-corrected chi connectivity index (χ0v) is 18.0. The number of likely N-dealkylation sites (tertiary alicyclic amines) is 1. The fourth-order valence-corrected chi connectivity index (χ4v) is 5.12. The largest absolute Gasteiger partial charge is 0.342 e. The minimum absolute atomic E-state index is 0.125. The van der Waals surface area contributed by atoms with Gasteiger partial charge < -0.3 is 9.80 Å². The van der Waals surface area contributed by atoms with Crippen molar-refractivity contribution in [3.05, 3.63) is 30.1 Å². The van der Waals surface area contributed by atoms with E-state index >= 15 is 0 Å². The summed E-state index contributed by atoms with van der Waals surface area (Å²) in [6, 6.07) is 4.03. The van der Waals surface area contributed by atoms with E-state index in [1.165, 1.54) is 25.5 Å². The third-order valence-corrected chi connectivity index (χ3v) is 7.15. The minimum atomic E-state index is -4.15. The number of carbonyl (C=O) groups excluding carboxylic acids is 2. The lowest BCUT2D eigenvalue weighted by Gasteiger charge is -2.37. The Labute approximate surface area is 177 Å². The SMILES string of the molecule is C[C@H](NS(=O)(=O)c1ccccc1F)C(=O)N1CCN(CC(=O)N2CCCCC2)CC1. The number of rotatable bonds is 6. The summed E-state index contributed by atoms with van der Waals surface area (Å²) in [6.45, 7) is 5.37. The number of carbonyl (C=O) groups is 2. The number of hydrogen-bond acceptors (Lipinski definition) is 5. The number of sulfonamides is 1. The Kier molecular flexibility index (Phi) is 7.43. The van der Waals surface area contributed by atoms with E-state index in [1.807, 2.05) is 9.80 Å². The second-order valence-electron chi connectivity index (χ2n) is 7.82. The van der Waals surface area contributed by atoms with E-state index in [4.69, 9.17) is 0 Å². The van der Waals surface area contributed by atoms with Gasteiger partial charge in [0.15, 0.2) is 0 Å². The average Bonchev–Trinajstić information content (AvgIpc) is 2.74. The Balaban J connectivity index is 1.49. The predicted molar refractivity (Wildman–Crippen MR) is 110 cm³/mol. The Morgan fingerprint density at radius 3 is 2.27 bits per heavy atom. The maximum atomic E-state index is 13.8. The summed E-state index contributed by atoms with van der Waals surface area (Å²) in [5.41, 5.74) is 0. The van der Waals surface area contributed by atoms with Crippen molar-refractivity contribution in [2.24, 2.45) is 0 Å². The number of amides is 2. The van der Waals surface area contributed by atoms with Gasteiger partial charge in [-0.05, 0) is 38.3 Å². The van der Waals surface area contributed by atoms with E-state index in [2.05, 4.69) is 4.72 Å². The molecule has 3 rings (SSSR count). The number of piperazine rings is 1. The number of halogens is 1. The van der Waals surface area contributed by atoms with Crippen molar-refractivity contribution in [1.82, 2.24) is 19.4 Å². The van der Waals surface area contributed by atoms with Crippen LogP contribution in [0.2, 0.25) is 0 Å². The molecule has 2 aliphatic rings. The summed E-state index contributed by atoms with van der Waals surface area (Å²) in [5, 5.41) is 0. The lowest BCUT2D eigenvalue weighted by Crippen LogP contribution is -2.55. The third kappa shape index (κ3) is 5.55. The van der Waals surface area contributed by atoms with Gasteiger partial charge in [-0.1, -0.05) is 12.1 Å². The van der Waals surface area contributed by atoms with E-state index in [-0.39, 0.29) is 11.8 Å². The lowest BCUT2D eigenvalue weighted by atomic mass is 10.1. The van der Waals surface area contributed by atoms with E-state index in [0.29, 0.717) is 32.7 Å². The van der Waals surface area contributed by atoms with Crippen molar-refractivity contribution < 1.29 is 22.4 Å². The van der Waals surface area contributed by atoms with E-state index in [1.54, 1.807) is 4.90 Å². The Morgan fingerprint density at radius 2 is 1.63 bits per heavy atom. The molecule has 2 heterocycles. The maximum absolute atomic E-state index is 13.8. The van der Waals surface area contributed by atoms with Crippen molar-refractivity contribution in [3.8, 4) is 0 Å². The molecule has 2 fully saturated rings. The van der Waals surface area contributed by atoms with Crippen LogP contribution in [0.25, 0.3) is 0 Å². The summed E-state index contributed by atoms with van der Waals surface area (Å²) >= 11 is 0. The third-order valence-electron chi connectivity index (χ3n) is 5.58. The molecule has 8 nitrogen and oxygen atoms in total. The molecule has 1 atom stereocenters. The molecule has 0 saturated carbocycles. The fourth-order valence-electron chi connectivity index (χ4n) is 3.84. The number of hydrogen-bond donors (Lipinski definition) is 1. The smallest absolute Gasteiger partial charge is 0.244 e. The molecule has 30 heavy (non-hydrogen) atoms. The Hall–Kier alpha value is -2.04. The molecule has 1 aromatic rings. The molecule has 0 unspecified atom stereocenters. The zero-order valence-electron chi connectivity index (χ0n) is 17.2. The summed E-state index contributed by atoms with van der Waals surface area (Å²) in [4.78, 5) is 30.1. The second kappa shape index (κ2) is 9.84. The highest BCUT2D eigenvalue weighted by Crippen LogP contribution is 2.15. The lowest BCUT2D eigenvalue weighted by molar-refractivity contribution is -0.136. The minimum Gasteiger partial charge on any atom is -0.342 e. The van der Waals surface area contributed by atoms with Crippen LogP contribution in [0.5, 0.6) is 0 Å². The van der Waals surface area contributed by atoms with Crippen molar-refractivity contribution >= 4 is 21.8 Å². The average molecular weight is 441 g/mol. The van der Waals surface area contributed by atoms with Crippen LogP contribution in [0, 0.1) is 5.82 Å². The van der Waals surface area contributed by atoms with Gasteiger partial charge in [-0.2, -0.15) is 4.72 Å². The molecule has 2 saturated heterocycles. The second-order valence-corrected chi connectivity index (χ2v) is 9.50. The molecule has 166 valence electrons. The predicted octanol–water partition coefficient (Wildman–Crippen LogP) is 0.649. The van der Waals surface area contributed by atoms with Crippen LogP contribution in [-0.4, -0.2) is 86.8 Å². The van der Waals surface area contributed by atoms with E-state index < -0.39 is 26.8 Å². The van der Waals surface area contributed by atoms with E-state index in [9.17, 15) is 22.4 Å². The number of nitrogens with zero attached hydrogens (tertiary/aromatic N) is 3. The highest BCUT2D eigenvalue weighted by atomic mass is 32.2. The first-order valence-corrected chi connectivity index (χ1v) is 11.8. The molecule has 1 N–H and O–H groups in total. The van der Waals surface area contributed by atoms with Gasteiger partial charge in [0.1, 0.15) is 10.7 Å². The Morgan fingerprint density at radius 1 is 1.00 bits per heavy atom. The summed E-state index contributed by atoms with van der Waals surface area (Å²) in [6.07, 6.45) is 3.27. The van der Waals surface area contributed by atoms with Gasteiger partial charge >= 0.3 is 0 Å². The van der Waals surface area contributed by atoms with Gasteiger partial charge in [0.05, 0.1) is 12.6 Å². The molecular weight excluding hydrogens is 411 g/mol. The zero-order chi connectivity index (χ0) is 21.7. The van der Waals surface area contributed by atoms with Crippen LogP contribution in [0.15, 0.2) is 29.2 Å². The highest BCUT2D eigenvalue weighted by molar-refractivity contribution is 7.89. The molecule has 0 radical (unpaired) electrons. The molecule has 0 bridgehead atoms. The van der Waals surface area contributed by atoms with Crippen LogP contribution >= 0.6 is 0 Å². The molecule has 2 aliphatic heterocycles. The summed E-state index contributed by atoms with van der Waals surface area (Å²) < 4.78 is 40.9. The van der Waals surface area contributed by atoms with Crippen LogP contribution in [0.1, 0.15) is 26.2 Å². The van der Waals surface area contributed by atoms with Crippen molar-refractivity contribution in [2.45, 2.75) is 37.1 Å². The molecule has 0 aliphatic carbocycles. The van der Waals surface area contributed by atoms with Gasteiger partial charge in [-0.25, -0.2) is 12.8 Å². The topological polar surface area (TPSA) is 90.0 Å². The first-order valence-electron chi connectivity index (χ1n) is 10.3. The van der Waals surface area contributed by atoms with Crippen LogP contribution in [0.3, 0.4) is 0 Å². The van der Waals surface area contributed by atoms with Crippen molar-refractivity contribution in [2.75, 3.05) is 45.8 Å². The number of piperidine rings is 1. The Bertz CT molecular complexity index is 865. The van der Waals surface area contributed by atoms with Gasteiger partial charge in [-0.15, -0.1) is 0 Å². The standard InChI is InChI=1S/C20H29FN4O4S/c1-16(22-30(28,29)18-8-4-3-7-17(18)21)20(27)25-13-11-23(12-14-25)15-19(26)24-9-5-2-6-10-24/h3-4,7-8,16,22H,2,5-6,9-15H2,1H3/t16-/m0/s1. The monoisotopic (exact) mass is 440 g/mol. The molecule has 0 aromatic heterocycles. The van der Waals surface area contributed by atoms with Crippen LogP contribution < -0.4 is 4.72 Å². The molecular formula is C20H29FN4O4S. The molecule has 1 aromatic carbocycles. The van der Waals surface area contributed by atoms with Gasteiger partial charge in [0, 0.05) is 39.3 Å². The van der Waals surface area contributed by atoms with Crippen molar-refractivity contribution in [1.29, 1.82) is 0 Å². The first kappa shape index (κ1) is 22.6. The summed E-state index contributed by atoms with van der Waals surface area (Å²) in [7, 11) is -4.15. The van der Waals surface area contributed by atoms with Crippen molar-refractivity contribution in [3.63, 3.8) is 0 Å². The molecule has 2 amide bonds. The molecule has 10 heteroatoms. The van der Waals surface area contributed by atoms with Gasteiger partial charge in [-0.3, -0.25) is 14.5 Å². The number of nitrogens with one attached hydrogen (secondary N) is 1. The summed E-state index contributed by atoms with van der Waals surface area (Å²) in [5.74, 6) is -1.10. The van der Waals surface area contributed by atoms with Gasteiger partial charge in [0.25, 0.3) is 0 Å². The van der Waals surface area contributed by atoms with Gasteiger partial charge in [0.2, 0.25) is 21.8 Å². The molecule has 0 spiro atoms. The quantitative estimate of drug-likeness (QED) is 0.702. The maximum Gasteiger partial charge on any atom is 0.244 e. The van der Waals surface area contributed by atoms with Crippen LogP contribution in [-0.2, 0) is 19.6 Å². The van der Waals surface area contributed by atoms with E-state index in [0.717, 1.165) is 38.1 Å². The normalized spacial score (nSPS) is 19.5. The fraction of sp³-hybridized carbons (Fsp3) is 0.600. The first-order chi connectivity index (χ1) is 14.3. The van der Waals surface area contributed by atoms with Crippen LogP contribution in [0.4, 0.5) is 4.39 Å². The highest BCUT2D eigenvalue weighted by Gasteiger charge is 2.30.